The minimum absolute atomic E-state index is 0.201. The van der Waals surface area contributed by atoms with Crippen LogP contribution in [0.1, 0.15) is 39.0 Å². The van der Waals surface area contributed by atoms with Gasteiger partial charge in [0.25, 0.3) is 5.91 Å². The molecule has 3 aromatic rings. The van der Waals surface area contributed by atoms with Gasteiger partial charge in [-0.1, -0.05) is 42.5 Å². The van der Waals surface area contributed by atoms with E-state index in [0.717, 1.165) is 5.56 Å². The average molecular weight is 390 g/mol. The third kappa shape index (κ3) is 5.38. The molecule has 1 amide bonds. The van der Waals surface area contributed by atoms with E-state index in [4.69, 9.17) is 4.74 Å². The SMILES string of the molecule is CCOC(=O)c1ccccc1NC(=O)c1cc(C)nc(NCc2ccccc2)n1. The van der Waals surface area contributed by atoms with Gasteiger partial charge in [0.15, 0.2) is 0 Å². The zero-order valence-electron chi connectivity index (χ0n) is 16.3. The van der Waals surface area contributed by atoms with Gasteiger partial charge < -0.3 is 15.4 Å². The van der Waals surface area contributed by atoms with Crippen LogP contribution in [0, 0.1) is 6.92 Å². The van der Waals surface area contributed by atoms with Crippen molar-refractivity contribution in [3.05, 3.63) is 83.2 Å². The van der Waals surface area contributed by atoms with E-state index in [2.05, 4.69) is 20.6 Å². The van der Waals surface area contributed by atoms with Crippen molar-refractivity contribution in [2.75, 3.05) is 17.2 Å². The van der Waals surface area contributed by atoms with Crippen LogP contribution < -0.4 is 10.6 Å². The van der Waals surface area contributed by atoms with Crippen molar-refractivity contribution in [3.63, 3.8) is 0 Å². The van der Waals surface area contributed by atoms with E-state index in [1.165, 1.54) is 0 Å². The molecule has 0 saturated heterocycles. The summed E-state index contributed by atoms with van der Waals surface area (Å²) in [7, 11) is 0. The van der Waals surface area contributed by atoms with Crippen LogP contribution in [0.3, 0.4) is 0 Å². The predicted octanol–water partition coefficient (Wildman–Crippen LogP) is 3.83. The summed E-state index contributed by atoms with van der Waals surface area (Å²) in [6.07, 6.45) is 0. The highest BCUT2D eigenvalue weighted by Gasteiger charge is 2.16. The molecule has 0 spiro atoms. The van der Waals surface area contributed by atoms with Gasteiger partial charge in [-0.05, 0) is 37.6 Å². The Morgan fingerprint density at radius 3 is 2.48 bits per heavy atom. The Morgan fingerprint density at radius 1 is 1.00 bits per heavy atom. The summed E-state index contributed by atoms with van der Waals surface area (Å²) in [6, 6.07) is 18.1. The second-order valence-electron chi connectivity index (χ2n) is 6.28. The molecule has 0 radical (unpaired) electrons. The van der Waals surface area contributed by atoms with E-state index in [0.29, 0.717) is 23.9 Å². The van der Waals surface area contributed by atoms with Crippen LogP contribution in [0.15, 0.2) is 60.7 Å². The van der Waals surface area contributed by atoms with Crippen LogP contribution in [0.2, 0.25) is 0 Å². The lowest BCUT2D eigenvalue weighted by molar-refractivity contribution is 0.0527. The predicted molar refractivity (Wildman–Crippen MR) is 111 cm³/mol. The molecule has 0 bridgehead atoms. The number of anilines is 2. The van der Waals surface area contributed by atoms with Crippen molar-refractivity contribution in [2.24, 2.45) is 0 Å². The number of amides is 1. The van der Waals surface area contributed by atoms with E-state index in [9.17, 15) is 9.59 Å². The average Bonchev–Trinajstić information content (AvgIpc) is 2.73. The summed E-state index contributed by atoms with van der Waals surface area (Å²) in [5, 5.41) is 5.87. The minimum Gasteiger partial charge on any atom is -0.462 e. The van der Waals surface area contributed by atoms with Crippen LogP contribution in [0.25, 0.3) is 0 Å². The number of ether oxygens (including phenoxy) is 1. The molecule has 3 rings (SSSR count). The maximum Gasteiger partial charge on any atom is 0.340 e. The normalized spacial score (nSPS) is 10.3. The summed E-state index contributed by atoms with van der Waals surface area (Å²) in [5.74, 6) is -0.569. The Bertz CT molecular complexity index is 1010. The number of aryl methyl sites for hydroxylation is 1. The van der Waals surface area contributed by atoms with Crippen LogP contribution in [0.4, 0.5) is 11.6 Å². The Balaban J connectivity index is 1.76. The van der Waals surface area contributed by atoms with Gasteiger partial charge in [0, 0.05) is 12.2 Å². The number of hydrogen-bond acceptors (Lipinski definition) is 6. The van der Waals surface area contributed by atoms with Crippen molar-refractivity contribution >= 4 is 23.5 Å². The van der Waals surface area contributed by atoms with Gasteiger partial charge in [0.2, 0.25) is 5.95 Å². The number of nitrogens with zero attached hydrogens (tertiary/aromatic N) is 2. The molecule has 0 aliphatic rings. The second kappa shape index (κ2) is 9.45. The lowest BCUT2D eigenvalue weighted by atomic mass is 10.1. The van der Waals surface area contributed by atoms with Gasteiger partial charge >= 0.3 is 5.97 Å². The molecular weight excluding hydrogens is 368 g/mol. The fraction of sp³-hybridized carbons (Fsp3) is 0.182. The summed E-state index contributed by atoms with van der Waals surface area (Å²) >= 11 is 0. The van der Waals surface area contributed by atoms with Gasteiger partial charge in [-0.15, -0.1) is 0 Å². The van der Waals surface area contributed by atoms with Crippen molar-refractivity contribution < 1.29 is 14.3 Å². The van der Waals surface area contributed by atoms with Crippen molar-refractivity contribution in [2.45, 2.75) is 20.4 Å². The first kappa shape index (κ1) is 20.0. The third-order valence-corrected chi connectivity index (χ3v) is 4.05. The van der Waals surface area contributed by atoms with Gasteiger partial charge in [-0.3, -0.25) is 4.79 Å². The van der Waals surface area contributed by atoms with Crippen molar-refractivity contribution in [3.8, 4) is 0 Å². The number of benzene rings is 2. The molecule has 1 aromatic heterocycles. The fourth-order valence-electron chi connectivity index (χ4n) is 2.71. The summed E-state index contributed by atoms with van der Waals surface area (Å²) in [4.78, 5) is 33.5. The Kier molecular flexibility index (Phi) is 6.52. The first-order chi connectivity index (χ1) is 14.1. The maximum absolute atomic E-state index is 12.7. The summed E-state index contributed by atoms with van der Waals surface area (Å²) < 4.78 is 5.04. The van der Waals surface area contributed by atoms with Crippen molar-refractivity contribution in [1.82, 2.24) is 9.97 Å². The van der Waals surface area contributed by atoms with Crippen LogP contribution in [-0.4, -0.2) is 28.5 Å². The fourth-order valence-corrected chi connectivity index (χ4v) is 2.71. The molecule has 0 unspecified atom stereocenters. The van der Waals surface area contributed by atoms with Gasteiger partial charge in [0.05, 0.1) is 17.9 Å². The topological polar surface area (TPSA) is 93.2 Å². The molecule has 0 aliphatic carbocycles. The largest absolute Gasteiger partial charge is 0.462 e. The highest BCUT2D eigenvalue weighted by atomic mass is 16.5. The Labute approximate surface area is 169 Å². The molecule has 7 nitrogen and oxygen atoms in total. The number of esters is 1. The minimum atomic E-state index is -0.493. The number of para-hydroxylation sites is 1. The molecule has 1 heterocycles. The second-order valence-corrected chi connectivity index (χ2v) is 6.28. The number of hydrogen-bond donors (Lipinski definition) is 2. The van der Waals surface area contributed by atoms with Crippen molar-refractivity contribution in [1.29, 1.82) is 0 Å². The monoisotopic (exact) mass is 390 g/mol. The van der Waals surface area contributed by atoms with Gasteiger partial charge in [0.1, 0.15) is 5.69 Å². The zero-order valence-corrected chi connectivity index (χ0v) is 16.3. The summed E-state index contributed by atoms with van der Waals surface area (Å²) in [6.45, 7) is 4.31. The Morgan fingerprint density at radius 2 is 1.72 bits per heavy atom. The molecule has 148 valence electrons. The van der Waals surface area contributed by atoms with E-state index in [1.807, 2.05) is 30.3 Å². The van der Waals surface area contributed by atoms with Gasteiger partial charge in [-0.25, -0.2) is 14.8 Å². The molecule has 0 fully saturated rings. The Hall–Kier alpha value is -3.74. The first-order valence-electron chi connectivity index (χ1n) is 9.28. The molecule has 29 heavy (non-hydrogen) atoms. The van der Waals surface area contributed by atoms with E-state index in [1.54, 1.807) is 44.2 Å². The van der Waals surface area contributed by atoms with Gasteiger partial charge in [-0.2, -0.15) is 0 Å². The number of carbonyl (C=O) groups is 2. The maximum atomic E-state index is 12.7. The first-order valence-corrected chi connectivity index (χ1v) is 9.28. The zero-order chi connectivity index (χ0) is 20.6. The molecule has 0 aliphatic heterocycles. The smallest absolute Gasteiger partial charge is 0.340 e. The molecule has 0 saturated carbocycles. The lowest BCUT2D eigenvalue weighted by Crippen LogP contribution is -2.18. The molecule has 2 N–H and O–H groups in total. The molecule has 2 aromatic carbocycles. The third-order valence-electron chi connectivity index (χ3n) is 4.05. The van der Waals surface area contributed by atoms with Crippen LogP contribution in [0.5, 0.6) is 0 Å². The highest BCUT2D eigenvalue weighted by molar-refractivity contribution is 6.07. The number of aromatic nitrogens is 2. The molecule has 7 heteroatoms. The van der Waals surface area contributed by atoms with Crippen LogP contribution in [-0.2, 0) is 11.3 Å². The van der Waals surface area contributed by atoms with E-state index in [-0.39, 0.29) is 17.9 Å². The lowest BCUT2D eigenvalue weighted by Gasteiger charge is -2.11. The highest BCUT2D eigenvalue weighted by Crippen LogP contribution is 2.18. The standard InChI is InChI=1S/C22H22N4O3/c1-3-29-21(28)17-11-7-8-12-18(17)25-20(27)19-13-15(2)24-22(26-19)23-14-16-9-5-4-6-10-16/h4-13H,3,14H2,1-2H3,(H,25,27)(H,23,24,26). The quantitative estimate of drug-likeness (QED) is 0.596. The number of rotatable bonds is 7. The molecular formula is C22H22N4O3. The van der Waals surface area contributed by atoms with E-state index >= 15 is 0 Å². The number of carbonyl (C=O) groups excluding carboxylic acids is 2. The van der Waals surface area contributed by atoms with Crippen LogP contribution >= 0.6 is 0 Å². The molecule has 0 atom stereocenters. The number of nitrogens with one attached hydrogen (secondary N) is 2. The van der Waals surface area contributed by atoms with E-state index < -0.39 is 11.9 Å². The summed E-state index contributed by atoms with van der Waals surface area (Å²) in [5.41, 5.74) is 2.58.